The minimum atomic E-state index is -0.318. The van der Waals surface area contributed by atoms with Gasteiger partial charge in [-0.25, -0.2) is 15.0 Å². The number of amides is 1. The lowest BCUT2D eigenvalue weighted by atomic mass is 9.77. The highest BCUT2D eigenvalue weighted by molar-refractivity contribution is 5.93. The van der Waals surface area contributed by atoms with Gasteiger partial charge < -0.3 is 9.88 Å². The number of aryl methyl sites for hydroxylation is 2. The van der Waals surface area contributed by atoms with Gasteiger partial charge >= 0.3 is 0 Å². The Balaban J connectivity index is 1.43. The molecule has 1 saturated carbocycles. The summed E-state index contributed by atoms with van der Waals surface area (Å²) in [6.07, 6.45) is 9.39. The maximum absolute atomic E-state index is 13.1. The number of hydrogen-bond donors (Lipinski definition) is 1. The van der Waals surface area contributed by atoms with Gasteiger partial charge in [0.1, 0.15) is 17.2 Å². The number of rotatable bonds is 2. The van der Waals surface area contributed by atoms with Crippen LogP contribution in [0.3, 0.4) is 0 Å². The van der Waals surface area contributed by atoms with Crippen molar-refractivity contribution >= 4 is 5.91 Å². The van der Waals surface area contributed by atoms with Crippen LogP contribution in [0.25, 0.3) is 0 Å². The van der Waals surface area contributed by atoms with Crippen molar-refractivity contribution < 1.29 is 4.79 Å². The molecule has 0 radical (unpaired) electrons. The number of hydrogen-bond acceptors (Lipinski definition) is 5. The molecule has 1 unspecified atom stereocenters. The number of likely N-dealkylation sites (tertiary alicyclic amines) is 1. The topological polar surface area (TPSA) is 91.8 Å². The van der Waals surface area contributed by atoms with Crippen LogP contribution in [0.15, 0.2) is 17.2 Å². The van der Waals surface area contributed by atoms with Gasteiger partial charge in [-0.15, -0.1) is 0 Å². The zero-order valence-electron chi connectivity index (χ0n) is 15.5. The second kappa shape index (κ2) is 5.97. The van der Waals surface area contributed by atoms with E-state index in [0.29, 0.717) is 24.8 Å². The first kappa shape index (κ1) is 16.6. The van der Waals surface area contributed by atoms with E-state index >= 15 is 0 Å². The molecule has 1 saturated heterocycles. The lowest BCUT2D eigenvalue weighted by molar-refractivity contribution is 0.0631. The Morgan fingerprint density at radius 2 is 2.11 bits per heavy atom. The van der Waals surface area contributed by atoms with E-state index in [-0.39, 0.29) is 22.4 Å². The number of carbonyl (C=O) groups is 1. The molecule has 1 amide bonds. The molecule has 0 bridgehead atoms. The molecule has 3 heterocycles. The molecule has 2 aromatic heterocycles. The number of fused-ring (bicyclic) bond motifs is 2. The highest BCUT2D eigenvalue weighted by atomic mass is 16.2. The van der Waals surface area contributed by atoms with Crippen LogP contribution in [0.4, 0.5) is 0 Å². The molecule has 1 N–H and O–H groups in total. The molecule has 1 aliphatic heterocycles. The van der Waals surface area contributed by atoms with E-state index in [9.17, 15) is 9.59 Å². The molecule has 7 heteroatoms. The van der Waals surface area contributed by atoms with Gasteiger partial charge in [0.25, 0.3) is 11.5 Å². The van der Waals surface area contributed by atoms with Crippen molar-refractivity contribution in [3.63, 3.8) is 0 Å². The molecule has 1 atom stereocenters. The number of piperidine rings is 1. The van der Waals surface area contributed by atoms with Gasteiger partial charge in [0.2, 0.25) is 0 Å². The molecule has 2 aliphatic carbocycles. The Hall–Kier alpha value is -2.57. The number of nitrogens with one attached hydrogen (secondary N) is 1. The summed E-state index contributed by atoms with van der Waals surface area (Å²) >= 11 is 0. The zero-order valence-corrected chi connectivity index (χ0v) is 15.5. The highest BCUT2D eigenvalue weighted by Crippen LogP contribution is 2.44. The van der Waals surface area contributed by atoms with Crippen LogP contribution in [0.5, 0.6) is 0 Å². The average Bonchev–Trinajstić information content (AvgIpc) is 3.47. The van der Waals surface area contributed by atoms with Crippen molar-refractivity contribution in [3.8, 4) is 0 Å². The number of carbonyl (C=O) groups excluding carboxylic acids is 1. The van der Waals surface area contributed by atoms with Gasteiger partial charge in [0, 0.05) is 36.8 Å². The van der Waals surface area contributed by atoms with Crippen LogP contribution in [0.2, 0.25) is 0 Å². The SMILES string of the molecule is Cc1ncc2c(n1)C1(CCCN(C(=O)c3cnc(C4CC4)[nH]c3=O)C1)CC2. The van der Waals surface area contributed by atoms with Gasteiger partial charge in [-0.3, -0.25) is 9.59 Å². The molecular formula is C20H23N5O2. The first-order valence-electron chi connectivity index (χ1n) is 9.77. The first-order valence-corrected chi connectivity index (χ1v) is 9.77. The molecule has 5 rings (SSSR count). The summed E-state index contributed by atoms with van der Waals surface area (Å²) in [6, 6.07) is 0. The molecule has 27 heavy (non-hydrogen) atoms. The monoisotopic (exact) mass is 365 g/mol. The van der Waals surface area contributed by atoms with Gasteiger partial charge in [0.05, 0.1) is 5.69 Å². The molecule has 3 aliphatic rings. The Labute approximate surface area is 157 Å². The third kappa shape index (κ3) is 2.76. The molecule has 140 valence electrons. The molecule has 0 aromatic carbocycles. The van der Waals surface area contributed by atoms with Crippen LogP contribution >= 0.6 is 0 Å². The fourth-order valence-corrected chi connectivity index (χ4v) is 4.63. The summed E-state index contributed by atoms with van der Waals surface area (Å²) in [7, 11) is 0. The predicted octanol–water partition coefficient (Wildman–Crippen LogP) is 1.87. The highest BCUT2D eigenvalue weighted by Gasteiger charge is 2.45. The van der Waals surface area contributed by atoms with Gasteiger partial charge in [-0.05, 0) is 51.0 Å². The summed E-state index contributed by atoms with van der Waals surface area (Å²) in [5.74, 6) is 1.63. The standard InChI is InChI=1S/C20H23N5O2/c1-12-21-9-14-5-7-20(16(14)23-12)6-2-8-25(11-20)19(27)15-10-22-17(13-3-4-13)24-18(15)26/h9-10,13H,2-8,11H2,1H3,(H,22,24,26). The predicted molar refractivity (Wildman–Crippen MR) is 98.7 cm³/mol. The van der Waals surface area contributed by atoms with Crippen LogP contribution in [0.1, 0.15) is 71.3 Å². The number of aromatic amines is 1. The van der Waals surface area contributed by atoms with E-state index in [1.165, 1.54) is 11.8 Å². The van der Waals surface area contributed by atoms with E-state index in [1.54, 1.807) is 0 Å². The zero-order chi connectivity index (χ0) is 18.6. The third-order valence-electron chi connectivity index (χ3n) is 6.24. The van der Waals surface area contributed by atoms with E-state index < -0.39 is 0 Å². The van der Waals surface area contributed by atoms with Crippen molar-refractivity contribution in [3.05, 3.63) is 51.2 Å². The first-order chi connectivity index (χ1) is 13.1. The second-order valence-electron chi connectivity index (χ2n) is 8.19. The van der Waals surface area contributed by atoms with E-state index in [4.69, 9.17) is 4.98 Å². The van der Waals surface area contributed by atoms with Gasteiger partial charge in [-0.2, -0.15) is 0 Å². The smallest absolute Gasteiger partial charge is 0.263 e. The van der Waals surface area contributed by atoms with Crippen molar-refractivity contribution in [2.24, 2.45) is 0 Å². The molecule has 1 spiro atoms. The van der Waals surface area contributed by atoms with E-state index in [0.717, 1.165) is 50.0 Å². The van der Waals surface area contributed by atoms with Crippen molar-refractivity contribution in [2.75, 3.05) is 13.1 Å². The Kier molecular flexibility index (Phi) is 3.67. The minimum Gasteiger partial charge on any atom is -0.337 e. The molecule has 7 nitrogen and oxygen atoms in total. The fraction of sp³-hybridized carbons (Fsp3) is 0.550. The van der Waals surface area contributed by atoms with Gasteiger partial charge in [0.15, 0.2) is 0 Å². The third-order valence-corrected chi connectivity index (χ3v) is 6.24. The lowest BCUT2D eigenvalue weighted by Gasteiger charge is -2.40. The fourth-order valence-electron chi connectivity index (χ4n) is 4.63. The van der Waals surface area contributed by atoms with E-state index in [2.05, 4.69) is 15.0 Å². The number of aromatic nitrogens is 4. The normalized spacial score (nSPS) is 24.3. The maximum atomic E-state index is 13.1. The number of H-pyrrole nitrogens is 1. The van der Waals surface area contributed by atoms with Crippen molar-refractivity contribution in [2.45, 2.75) is 56.8 Å². The van der Waals surface area contributed by atoms with Crippen LogP contribution in [0, 0.1) is 6.92 Å². The molecule has 2 aromatic rings. The van der Waals surface area contributed by atoms with Crippen molar-refractivity contribution in [1.29, 1.82) is 0 Å². The number of nitrogens with zero attached hydrogens (tertiary/aromatic N) is 4. The summed E-state index contributed by atoms with van der Waals surface area (Å²) in [5.41, 5.74) is 2.02. The van der Waals surface area contributed by atoms with Crippen LogP contribution in [-0.4, -0.2) is 43.8 Å². The van der Waals surface area contributed by atoms with Crippen molar-refractivity contribution in [1.82, 2.24) is 24.8 Å². The average molecular weight is 365 g/mol. The Morgan fingerprint density at radius 1 is 1.26 bits per heavy atom. The van der Waals surface area contributed by atoms with Crippen LogP contribution in [-0.2, 0) is 11.8 Å². The minimum absolute atomic E-state index is 0.106. The largest absolute Gasteiger partial charge is 0.337 e. The quantitative estimate of drug-likeness (QED) is 0.877. The molecular weight excluding hydrogens is 342 g/mol. The van der Waals surface area contributed by atoms with Gasteiger partial charge in [-0.1, -0.05) is 0 Å². The maximum Gasteiger partial charge on any atom is 0.263 e. The van der Waals surface area contributed by atoms with Crippen LogP contribution < -0.4 is 5.56 Å². The summed E-state index contributed by atoms with van der Waals surface area (Å²) < 4.78 is 0. The molecule has 2 fully saturated rings. The van der Waals surface area contributed by atoms with E-state index in [1.807, 2.05) is 18.0 Å². The lowest BCUT2D eigenvalue weighted by Crippen LogP contribution is -2.49. The Morgan fingerprint density at radius 3 is 2.89 bits per heavy atom. The Bertz CT molecular complexity index is 977. The second-order valence-corrected chi connectivity index (χ2v) is 8.19. The summed E-state index contributed by atoms with van der Waals surface area (Å²) in [5, 5.41) is 0. The summed E-state index contributed by atoms with van der Waals surface area (Å²) in [6.45, 7) is 3.19. The summed E-state index contributed by atoms with van der Waals surface area (Å²) in [4.78, 5) is 43.5.